The van der Waals surface area contributed by atoms with Crippen molar-refractivity contribution in [1.82, 2.24) is 9.80 Å². The van der Waals surface area contributed by atoms with E-state index in [0.29, 0.717) is 19.5 Å². The fourth-order valence-electron chi connectivity index (χ4n) is 3.53. The van der Waals surface area contributed by atoms with E-state index in [4.69, 9.17) is 9.15 Å². The number of unbranched alkanes of at least 4 members (excludes halogenated alkanes) is 3. The van der Waals surface area contributed by atoms with Crippen LogP contribution in [0, 0.1) is 0 Å². The Morgan fingerprint density at radius 2 is 2.04 bits per heavy atom. The summed E-state index contributed by atoms with van der Waals surface area (Å²) in [7, 11) is 0. The molecule has 0 radical (unpaired) electrons. The van der Waals surface area contributed by atoms with Crippen molar-refractivity contribution in [2.45, 2.75) is 84.4 Å². The Balaban J connectivity index is 1.97. The second kappa shape index (κ2) is 11.9. The zero-order valence-electron chi connectivity index (χ0n) is 17.7. The normalized spacial score (nSPS) is 16.5. The largest absolute Gasteiger partial charge is 0.467 e. The summed E-state index contributed by atoms with van der Waals surface area (Å²) < 4.78 is 11.2. The van der Waals surface area contributed by atoms with E-state index in [1.807, 2.05) is 26.0 Å². The molecule has 158 valence electrons. The van der Waals surface area contributed by atoms with E-state index in [-0.39, 0.29) is 30.5 Å². The molecule has 1 aromatic rings. The minimum atomic E-state index is -0.0532. The number of carbonyl (C=O) groups is 2. The van der Waals surface area contributed by atoms with Crippen LogP contribution in [-0.2, 0) is 20.9 Å². The molecule has 1 aliphatic heterocycles. The van der Waals surface area contributed by atoms with Gasteiger partial charge in [-0.3, -0.25) is 9.59 Å². The Bertz CT molecular complexity index is 579. The number of rotatable bonds is 12. The third-order valence-electron chi connectivity index (χ3n) is 5.22. The van der Waals surface area contributed by atoms with Crippen molar-refractivity contribution in [1.29, 1.82) is 0 Å². The molecule has 1 aliphatic rings. The van der Waals surface area contributed by atoms with Gasteiger partial charge in [-0.15, -0.1) is 0 Å². The number of ether oxygens (including phenoxy) is 1. The van der Waals surface area contributed by atoms with Crippen molar-refractivity contribution < 1.29 is 18.7 Å². The highest BCUT2D eigenvalue weighted by Gasteiger charge is 2.27. The van der Waals surface area contributed by atoms with Gasteiger partial charge in [0, 0.05) is 25.6 Å². The Hall–Kier alpha value is -1.82. The van der Waals surface area contributed by atoms with Crippen molar-refractivity contribution in [3.63, 3.8) is 0 Å². The summed E-state index contributed by atoms with van der Waals surface area (Å²) in [5.41, 5.74) is 0. The molecule has 0 unspecified atom stereocenters. The van der Waals surface area contributed by atoms with Gasteiger partial charge in [0.2, 0.25) is 11.8 Å². The SMILES string of the molecule is CCCCCCC(=O)N(CC(=O)N(Cc1ccco1)C[C@@H]1CCCO1)C(C)C. The number of amides is 2. The molecule has 1 aromatic heterocycles. The van der Waals surface area contributed by atoms with E-state index in [2.05, 4.69) is 6.92 Å². The monoisotopic (exact) mass is 392 g/mol. The summed E-state index contributed by atoms with van der Waals surface area (Å²) in [5, 5.41) is 0. The highest BCUT2D eigenvalue weighted by molar-refractivity contribution is 5.85. The van der Waals surface area contributed by atoms with Crippen LogP contribution in [0.5, 0.6) is 0 Å². The molecular weight excluding hydrogens is 356 g/mol. The molecular formula is C22H36N2O4. The molecule has 0 bridgehead atoms. The van der Waals surface area contributed by atoms with Crippen LogP contribution in [0.3, 0.4) is 0 Å². The van der Waals surface area contributed by atoms with Crippen LogP contribution in [0.2, 0.25) is 0 Å². The molecule has 2 heterocycles. The van der Waals surface area contributed by atoms with Gasteiger partial charge in [0.15, 0.2) is 0 Å². The average Bonchev–Trinajstić information content (AvgIpc) is 3.36. The molecule has 0 N–H and O–H groups in total. The lowest BCUT2D eigenvalue weighted by Crippen LogP contribution is -2.47. The fourth-order valence-corrected chi connectivity index (χ4v) is 3.53. The number of hydrogen-bond acceptors (Lipinski definition) is 4. The van der Waals surface area contributed by atoms with Gasteiger partial charge in [0.1, 0.15) is 5.76 Å². The standard InChI is InChI=1S/C22H36N2O4/c1-4-5-6-7-12-21(25)24(18(2)3)17-22(26)23(15-19-10-8-13-27-19)16-20-11-9-14-28-20/h8,10,13,18,20H,4-7,9,11-12,14-17H2,1-3H3/t20-/m0/s1. The minimum Gasteiger partial charge on any atom is -0.467 e. The molecule has 1 fully saturated rings. The number of carbonyl (C=O) groups excluding carboxylic acids is 2. The first-order chi connectivity index (χ1) is 13.5. The van der Waals surface area contributed by atoms with Gasteiger partial charge in [0.05, 0.1) is 25.5 Å². The first-order valence-electron chi connectivity index (χ1n) is 10.7. The summed E-state index contributed by atoms with van der Waals surface area (Å²) in [6.45, 7) is 7.89. The molecule has 0 saturated carbocycles. The summed E-state index contributed by atoms with van der Waals surface area (Å²) in [6, 6.07) is 3.69. The molecule has 0 aliphatic carbocycles. The third kappa shape index (κ3) is 7.30. The third-order valence-corrected chi connectivity index (χ3v) is 5.22. The predicted octanol–water partition coefficient (Wildman–Crippen LogP) is 3.99. The zero-order valence-corrected chi connectivity index (χ0v) is 17.7. The number of hydrogen-bond donors (Lipinski definition) is 0. The smallest absolute Gasteiger partial charge is 0.242 e. The van der Waals surface area contributed by atoms with Crippen molar-refractivity contribution >= 4 is 11.8 Å². The summed E-state index contributed by atoms with van der Waals surface area (Å²) in [6.07, 6.45) is 8.42. The van der Waals surface area contributed by atoms with E-state index in [0.717, 1.165) is 50.9 Å². The summed E-state index contributed by atoms with van der Waals surface area (Å²) in [4.78, 5) is 29.2. The van der Waals surface area contributed by atoms with E-state index in [1.165, 1.54) is 0 Å². The first kappa shape index (κ1) is 22.5. The summed E-state index contributed by atoms with van der Waals surface area (Å²) in [5.74, 6) is 0.755. The Kier molecular flexibility index (Phi) is 9.55. The highest BCUT2D eigenvalue weighted by atomic mass is 16.5. The van der Waals surface area contributed by atoms with Gasteiger partial charge < -0.3 is 19.0 Å². The first-order valence-corrected chi connectivity index (χ1v) is 10.7. The molecule has 0 aromatic carbocycles. The van der Waals surface area contributed by atoms with Gasteiger partial charge in [-0.1, -0.05) is 26.2 Å². The highest BCUT2D eigenvalue weighted by Crippen LogP contribution is 2.16. The minimum absolute atomic E-state index is 0.00387. The van der Waals surface area contributed by atoms with E-state index < -0.39 is 0 Å². The number of nitrogens with zero attached hydrogens (tertiary/aromatic N) is 2. The second-order valence-corrected chi connectivity index (χ2v) is 7.91. The molecule has 2 rings (SSSR count). The van der Waals surface area contributed by atoms with E-state index in [1.54, 1.807) is 16.1 Å². The van der Waals surface area contributed by atoms with E-state index in [9.17, 15) is 9.59 Å². The molecule has 0 spiro atoms. The van der Waals surface area contributed by atoms with Crippen LogP contribution in [0.4, 0.5) is 0 Å². The van der Waals surface area contributed by atoms with Gasteiger partial charge in [-0.2, -0.15) is 0 Å². The number of furan rings is 1. The van der Waals surface area contributed by atoms with E-state index >= 15 is 0 Å². The van der Waals surface area contributed by atoms with Gasteiger partial charge in [-0.05, 0) is 45.2 Å². The summed E-state index contributed by atoms with van der Waals surface area (Å²) >= 11 is 0. The quantitative estimate of drug-likeness (QED) is 0.505. The zero-order chi connectivity index (χ0) is 20.4. The molecule has 6 nitrogen and oxygen atoms in total. The van der Waals surface area contributed by atoms with Crippen LogP contribution < -0.4 is 0 Å². The fraction of sp³-hybridized carbons (Fsp3) is 0.727. The van der Waals surface area contributed by atoms with Crippen molar-refractivity contribution in [2.24, 2.45) is 0 Å². The topological polar surface area (TPSA) is 63.0 Å². The Morgan fingerprint density at radius 3 is 2.64 bits per heavy atom. The van der Waals surface area contributed by atoms with Gasteiger partial charge in [0.25, 0.3) is 0 Å². The lowest BCUT2D eigenvalue weighted by molar-refractivity contribution is -0.143. The predicted molar refractivity (Wildman–Crippen MR) is 109 cm³/mol. The van der Waals surface area contributed by atoms with Gasteiger partial charge >= 0.3 is 0 Å². The van der Waals surface area contributed by atoms with Crippen LogP contribution in [0.1, 0.15) is 71.5 Å². The second-order valence-electron chi connectivity index (χ2n) is 7.91. The maximum Gasteiger partial charge on any atom is 0.242 e. The molecule has 28 heavy (non-hydrogen) atoms. The van der Waals surface area contributed by atoms with Crippen molar-refractivity contribution in [2.75, 3.05) is 19.7 Å². The lowest BCUT2D eigenvalue weighted by atomic mass is 10.1. The van der Waals surface area contributed by atoms with Crippen LogP contribution >= 0.6 is 0 Å². The molecule has 1 atom stereocenters. The average molecular weight is 393 g/mol. The lowest BCUT2D eigenvalue weighted by Gasteiger charge is -2.31. The van der Waals surface area contributed by atoms with Crippen LogP contribution in [-0.4, -0.2) is 53.5 Å². The maximum atomic E-state index is 13.1. The van der Waals surface area contributed by atoms with Crippen LogP contribution in [0.25, 0.3) is 0 Å². The van der Waals surface area contributed by atoms with Crippen molar-refractivity contribution in [3.05, 3.63) is 24.2 Å². The Morgan fingerprint density at radius 1 is 1.21 bits per heavy atom. The van der Waals surface area contributed by atoms with Gasteiger partial charge in [-0.25, -0.2) is 0 Å². The molecule has 6 heteroatoms. The Labute approximate surface area is 169 Å². The van der Waals surface area contributed by atoms with Crippen LogP contribution in [0.15, 0.2) is 22.8 Å². The molecule has 2 amide bonds. The van der Waals surface area contributed by atoms with Crippen molar-refractivity contribution in [3.8, 4) is 0 Å². The maximum absolute atomic E-state index is 13.1. The molecule has 1 saturated heterocycles.